The van der Waals surface area contributed by atoms with Crippen LogP contribution < -0.4 is 20.7 Å². The smallest absolute Gasteiger partial charge is 0.261 e. The highest BCUT2D eigenvalue weighted by Gasteiger charge is 2.71. The van der Waals surface area contributed by atoms with Crippen LogP contribution in [-0.2, 0) is 13.6 Å². The molecule has 2 heterocycles. The van der Waals surface area contributed by atoms with Gasteiger partial charge in [0.15, 0.2) is 0 Å². The summed E-state index contributed by atoms with van der Waals surface area (Å²) in [5, 5.41) is 28.7. The van der Waals surface area contributed by atoms with Crippen molar-refractivity contribution in [3.05, 3.63) is 145 Å². The van der Waals surface area contributed by atoms with Crippen LogP contribution in [0.5, 0.6) is 0 Å². The number of aliphatic hydroxyl groups is 2. The number of benzene rings is 4. The van der Waals surface area contributed by atoms with Crippen LogP contribution >= 0.6 is 0 Å². The van der Waals surface area contributed by atoms with Gasteiger partial charge in [0.1, 0.15) is 11.7 Å². The molecule has 62 heavy (non-hydrogen) atoms. The summed E-state index contributed by atoms with van der Waals surface area (Å²) in [7, 11) is -5.49. The molecule has 5 nitrogen and oxygen atoms in total. The maximum atomic E-state index is 12.8. The molecule has 2 N–H and O–H groups in total. The average molecular weight is 869 g/mol. The summed E-state index contributed by atoms with van der Waals surface area (Å²) in [5.74, 6) is 1.53. The summed E-state index contributed by atoms with van der Waals surface area (Å²) < 4.78 is 22.4. The van der Waals surface area contributed by atoms with Gasteiger partial charge in [-0.15, -0.1) is 6.58 Å². The number of aliphatic hydroxyl groups excluding tert-OH is 2. The highest BCUT2D eigenvalue weighted by Crippen LogP contribution is 2.62. The van der Waals surface area contributed by atoms with E-state index >= 15 is 0 Å². The Morgan fingerprint density at radius 2 is 1.24 bits per heavy atom. The molecule has 0 radical (unpaired) electrons. The summed E-state index contributed by atoms with van der Waals surface area (Å²) in [6, 6.07) is 43.5. The van der Waals surface area contributed by atoms with Crippen molar-refractivity contribution in [3.63, 3.8) is 0 Å². The van der Waals surface area contributed by atoms with E-state index in [4.69, 9.17) is 13.6 Å². The van der Waals surface area contributed by atoms with E-state index in [-0.39, 0.29) is 40.2 Å². The number of hydrogen-bond acceptors (Lipinski definition) is 5. The Kier molecular flexibility index (Phi) is 12.5. The van der Waals surface area contributed by atoms with E-state index in [0.29, 0.717) is 24.2 Å². The lowest BCUT2D eigenvalue weighted by molar-refractivity contribution is -0.0796. The average Bonchev–Trinajstić information content (AvgIpc) is 3.81. The summed E-state index contributed by atoms with van der Waals surface area (Å²) in [5.41, 5.74) is 0.744. The van der Waals surface area contributed by atoms with Gasteiger partial charge in [-0.25, -0.2) is 0 Å². The van der Waals surface area contributed by atoms with Gasteiger partial charge in [0.2, 0.25) is 0 Å². The number of ether oxygens (including phenoxy) is 1. The van der Waals surface area contributed by atoms with Gasteiger partial charge in [0.05, 0.1) is 18.8 Å². The zero-order valence-corrected chi connectivity index (χ0v) is 40.6. The molecule has 2 bridgehead atoms. The molecule has 8 atom stereocenters. The Balaban J connectivity index is 1.01. The zero-order valence-electron chi connectivity index (χ0n) is 38.6. The van der Waals surface area contributed by atoms with Gasteiger partial charge < -0.3 is 23.8 Å². The SMILES string of the molecule is C=C[C@H]1C(C)(C)[C@H]2O[C@]1([C@@H](O)C1=C(CO)CC(C[C@H]3C[C@@H]3CO[Si](c3ccccc3)(c3ccccc3)C(C)(C)C)CC1)C[C@@H]2O[Si](c1ccccc1)(c1ccccc1)C(C)(C)C. The highest BCUT2D eigenvalue weighted by molar-refractivity contribution is 7.00. The van der Waals surface area contributed by atoms with Crippen LogP contribution in [0.4, 0.5) is 0 Å². The van der Waals surface area contributed by atoms with Crippen molar-refractivity contribution in [3.8, 4) is 0 Å². The molecule has 4 aromatic carbocycles. The minimum Gasteiger partial charge on any atom is -0.407 e. The van der Waals surface area contributed by atoms with Crippen LogP contribution in [0, 0.1) is 29.1 Å². The van der Waals surface area contributed by atoms with E-state index in [9.17, 15) is 10.2 Å². The molecular formula is C55H72O5Si2. The summed E-state index contributed by atoms with van der Waals surface area (Å²) in [6.07, 6.45) is 6.16. The minimum atomic E-state index is -2.91. The molecule has 8 rings (SSSR count). The fourth-order valence-electron chi connectivity index (χ4n) is 12.6. The van der Waals surface area contributed by atoms with Gasteiger partial charge in [0.25, 0.3) is 16.6 Å². The lowest BCUT2D eigenvalue weighted by Crippen LogP contribution is -2.69. The quantitative estimate of drug-likeness (QED) is 0.0922. The number of fused-ring (bicyclic) bond motifs is 2. The Bertz CT molecular complexity index is 2100. The molecule has 3 fully saturated rings. The molecule has 0 aromatic heterocycles. The second-order valence-electron chi connectivity index (χ2n) is 21.8. The van der Waals surface area contributed by atoms with Crippen molar-refractivity contribution in [2.45, 2.75) is 128 Å². The van der Waals surface area contributed by atoms with Crippen LogP contribution in [0.3, 0.4) is 0 Å². The van der Waals surface area contributed by atoms with Gasteiger partial charge >= 0.3 is 0 Å². The Hall–Kier alpha value is -3.41. The van der Waals surface area contributed by atoms with Crippen molar-refractivity contribution in [2.75, 3.05) is 13.2 Å². The molecule has 1 unspecified atom stereocenters. The molecule has 4 aromatic rings. The first-order valence-electron chi connectivity index (χ1n) is 23.4. The molecule has 0 amide bonds. The Morgan fingerprint density at radius 1 is 0.758 bits per heavy atom. The van der Waals surface area contributed by atoms with Crippen molar-refractivity contribution < 1.29 is 23.8 Å². The van der Waals surface area contributed by atoms with E-state index in [2.05, 4.69) is 183 Å². The first-order valence-corrected chi connectivity index (χ1v) is 27.2. The van der Waals surface area contributed by atoms with Crippen molar-refractivity contribution in [2.24, 2.45) is 29.1 Å². The van der Waals surface area contributed by atoms with E-state index < -0.39 is 28.3 Å². The van der Waals surface area contributed by atoms with Crippen molar-refractivity contribution in [1.29, 1.82) is 0 Å². The fourth-order valence-corrected chi connectivity index (χ4v) is 21.9. The maximum Gasteiger partial charge on any atom is 0.261 e. The van der Waals surface area contributed by atoms with Crippen LogP contribution in [-0.4, -0.2) is 64.0 Å². The number of rotatable bonds is 15. The van der Waals surface area contributed by atoms with Crippen molar-refractivity contribution in [1.82, 2.24) is 0 Å². The molecule has 0 spiro atoms. The normalized spacial score (nSPS) is 27.9. The van der Waals surface area contributed by atoms with Gasteiger partial charge in [-0.05, 0) is 91.8 Å². The van der Waals surface area contributed by atoms with Gasteiger partial charge in [-0.1, -0.05) is 183 Å². The lowest BCUT2D eigenvalue weighted by Gasteiger charge is -2.50. The molecule has 2 saturated heterocycles. The summed E-state index contributed by atoms with van der Waals surface area (Å²) in [4.78, 5) is 0. The van der Waals surface area contributed by atoms with Gasteiger partial charge in [-0.3, -0.25) is 0 Å². The van der Waals surface area contributed by atoms with Gasteiger partial charge in [0, 0.05) is 24.4 Å². The van der Waals surface area contributed by atoms with Crippen LogP contribution in [0.25, 0.3) is 0 Å². The first-order chi connectivity index (χ1) is 29.5. The lowest BCUT2D eigenvalue weighted by atomic mass is 9.59. The zero-order chi connectivity index (χ0) is 44.1. The largest absolute Gasteiger partial charge is 0.407 e. The predicted octanol–water partition coefficient (Wildman–Crippen LogP) is 9.35. The summed E-state index contributed by atoms with van der Waals surface area (Å²) in [6.45, 7) is 23.6. The third-order valence-electron chi connectivity index (χ3n) is 15.7. The third-order valence-corrected chi connectivity index (χ3v) is 25.7. The van der Waals surface area contributed by atoms with Crippen molar-refractivity contribution >= 4 is 37.4 Å². The van der Waals surface area contributed by atoms with E-state index in [1.807, 2.05) is 6.08 Å². The minimum absolute atomic E-state index is 0.0440. The molecule has 2 aliphatic carbocycles. The number of hydrogen-bond donors (Lipinski definition) is 2. The summed E-state index contributed by atoms with van der Waals surface area (Å²) >= 11 is 0. The molecule has 4 aliphatic rings. The van der Waals surface area contributed by atoms with E-state index in [1.54, 1.807) is 0 Å². The predicted molar refractivity (Wildman–Crippen MR) is 259 cm³/mol. The topological polar surface area (TPSA) is 68.2 Å². The van der Waals surface area contributed by atoms with E-state index in [1.165, 1.54) is 27.2 Å². The first kappa shape index (κ1) is 45.2. The second kappa shape index (κ2) is 17.2. The molecule has 2 aliphatic heterocycles. The fraction of sp³-hybridized carbons (Fsp3) is 0.491. The monoisotopic (exact) mass is 868 g/mol. The molecule has 330 valence electrons. The third kappa shape index (κ3) is 7.71. The molecular weight excluding hydrogens is 797 g/mol. The Morgan fingerprint density at radius 3 is 1.69 bits per heavy atom. The van der Waals surface area contributed by atoms with E-state index in [0.717, 1.165) is 43.4 Å². The maximum absolute atomic E-state index is 12.8. The second-order valence-corrected chi connectivity index (χ2v) is 30.4. The van der Waals surface area contributed by atoms with Gasteiger partial charge in [-0.2, -0.15) is 0 Å². The molecule has 7 heteroatoms. The van der Waals surface area contributed by atoms with Crippen LogP contribution in [0.2, 0.25) is 10.1 Å². The van der Waals surface area contributed by atoms with Crippen LogP contribution in [0.1, 0.15) is 93.9 Å². The Labute approximate surface area is 374 Å². The van der Waals surface area contributed by atoms with Crippen LogP contribution in [0.15, 0.2) is 145 Å². The highest BCUT2D eigenvalue weighted by atomic mass is 28.4. The molecule has 1 saturated carbocycles. The standard InChI is InChI=1S/C55H72O5Si2/c1-10-49-54(8,9)51-48(60-62(53(5,6)7,45-27-19-13-20-28-45)46-29-21-14-22-30-46)36-55(49,59-51)50(57)47-32-31-39(34-41(47)37-56)33-40-35-42(40)38-58-61(52(2,3)4,43-23-15-11-16-24-43)44-25-17-12-18-26-44/h10-30,39-40,42,48-51,56-57H,1,31-38H2,2-9H3/t39?,40-,42+,48-,49-,50-,51-,55+/m0/s1.